The average Bonchev–Trinajstić information content (AvgIpc) is 2.76. The molecule has 1 aromatic carbocycles. The van der Waals surface area contributed by atoms with E-state index >= 15 is 0 Å². The molecule has 2 aromatic heterocycles. The van der Waals surface area contributed by atoms with E-state index in [1.807, 2.05) is 35.0 Å². The lowest BCUT2D eigenvalue weighted by atomic mass is 10.1. The number of rotatable bonds is 2. The van der Waals surface area contributed by atoms with E-state index in [9.17, 15) is 4.39 Å². The molecular formula is C14H11FN2. The first-order valence-corrected chi connectivity index (χ1v) is 5.48. The van der Waals surface area contributed by atoms with E-state index in [1.165, 1.54) is 12.1 Å². The van der Waals surface area contributed by atoms with Crippen LogP contribution in [-0.2, 0) is 6.42 Å². The minimum atomic E-state index is -0.207. The minimum Gasteiger partial charge on any atom is -0.303 e. The summed E-state index contributed by atoms with van der Waals surface area (Å²) in [6.07, 6.45) is 4.54. The van der Waals surface area contributed by atoms with Crippen molar-refractivity contribution in [3.05, 3.63) is 72.1 Å². The Hall–Kier alpha value is -2.16. The topological polar surface area (TPSA) is 17.3 Å². The molecule has 0 aliphatic carbocycles. The molecule has 0 radical (unpaired) electrons. The Balaban J connectivity index is 1.97. The summed E-state index contributed by atoms with van der Waals surface area (Å²) in [5.74, 6) is 0.758. The molecule has 0 fully saturated rings. The van der Waals surface area contributed by atoms with Gasteiger partial charge < -0.3 is 4.40 Å². The van der Waals surface area contributed by atoms with E-state index in [1.54, 1.807) is 12.1 Å². The van der Waals surface area contributed by atoms with Gasteiger partial charge in [0, 0.05) is 12.6 Å². The Kier molecular flexibility index (Phi) is 2.37. The molecule has 3 rings (SSSR count). The average molecular weight is 226 g/mol. The first-order valence-electron chi connectivity index (χ1n) is 5.48. The highest BCUT2D eigenvalue weighted by atomic mass is 19.1. The number of fused-ring (bicyclic) bond motifs is 1. The Bertz CT molecular complexity index is 641. The molecule has 0 bridgehead atoms. The predicted molar refractivity (Wildman–Crippen MR) is 64.4 cm³/mol. The second kappa shape index (κ2) is 4.01. The van der Waals surface area contributed by atoms with Crippen molar-refractivity contribution in [3.63, 3.8) is 0 Å². The summed E-state index contributed by atoms with van der Waals surface area (Å²) >= 11 is 0. The number of halogens is 1. The van der Waals surface area contributed by atoms with Crippen LogP contribution in [0.2, 0.25) is 0 Å². The molecule has 2 heterocycles. The van der Waals surface area contributed by atoms with Crippen LogP contribution in [0.5, 0.6) is 0 Å². The lowest BCUT2D eigenvalue weighted by molar-refractivity contribution is 0.627. The summed E-state index contributed by atoms with van der Waals surface area (Å²) in [5, 5.41) is 0. The molecule has 0 aliphatic heterocycles. The normalized spacial score (nSPS) is 10.9. The van der Waals surface area contributed by atoms with Crippen molar-refractivity contribution in [1.82, 2.24) is 9.38 Å². The van der Waals surface area contributed by atoms with E-state index in [4.69, 9.17) is 0 Å². The molecule has 0 N–H and O–H groups in total. The lowest BCUT2D eigenvalue weighted by Gasteiger charge is -2.01. The van der Waals surface area contributed by atoms with Crippen LogP contribution in [0, 0.1) is 5.82 Å². The number of benzene rings is 1. The fraction of sp³-hybridized carbons (Fsp3) is 0.0714. The van der Waals surface area contributed by atoms with E-state index in [0.29, 0.717) is 6.42 Å². The van der Waals surface area contributed by atoms with Gasteiger partial charge in [0.15, 0.2) is 0 Å². The maximum absolute atomic E-state index is 12.8. The van der Waals surface area contributed by atoms with Crippen molar-refractivity contribution in [2.24, 2.45) is 0 Å². The lowest BCUT2D eigenvalue weighted by Crippen LogP contribution is -1.95. The third kappa shape index (κ3) is 1.91. The van der Waals surface area contributed by atoms with Crippen LogP contribution in [-0.4, -0.2) is 9.38 Å². The molecule has 0 saturated carbocycles. The largest absolute Gasteiger partial charge is 0.303 e. The zero-order valence-electron chi connectivity index (χ0n) is 9.18. The number of imidazole rings is 1. The van der Waals surface area contributed by atoms with Gasteiger partial charge >= 0.3 is 0 Å². The molecule has 0 atom stereocenters. The Labute approximate surface area is 98.4 Å². The first kappa shape index (κ1) is 10.0. The van der Waals surface area contributed by atoms with Gasteiger partial charge in [0.1, 0.15) is 11.6 Å². The molecular weight excluding hydrogens is 215 g/mol. The molecule has 0 amide bonds. The van der Waals surface area contributed by atoms with Gasteiger partial charge in [0.05, 0.1) is 11.7 Å². The van der Waals surface area contributed by atoms with Crippen molar-refractivity contribution in [1.29, 1.82) is 0 Å². The van der Waals surface area contributed by atoms with E-state index in [0.717, 1.165) is 16.9 Å². The molecule has 3 heteroatoms. The van der Waals surface area contributed by atoms with Gasteiger partial charge in [-0.15, -0.1) is 0 Å². The van der Waals surface area contributed by atoms with Crippen LogP contribution in [0.3, 0.4) is 0 Å². The second-order valence-electron chi connectivity index (χ2n) is 3.97. The SMILES string of the molecule is Fc1ccc(Cc2ncc3ccccn23)cc1. The Morgan fingerprint density at radius 3 is 2.71 bits per heavy atom. The summed E-state index contributed by atoms with van der Waals surface area (Å²) < 4.78 is 14.8. The molecule has 0 aliphatic rings. The maximum atomic E-state index is 12.8. The number of pyridine rings is 1. The van der Waals surface area contributed by atoms with Gasteiger partial charge in [-0.2, -0.15) is 0 Å². The van der Waals surface area contributed by atoms with Gasteiger partial charge in [-0.05, 0) is 29.8 Å². The second-order valence-corrected chi connectivity index (χ2v) is 3.97. The third-order valence-corrected chi connectivity index (χ3v) is 2.79. The summed E-state index contributed by atoms with van der Waals surface area (Å²) in [5.41, 5.74) is 2.13. The fourth-order valence-electron chi connectivity index (χ4n) is 1.92. The summed E-state index contributed by atoms with van der Waals surface area (Å²) in [6.45, 7) is 0. The highest BCUT2D eigenvalue weighted by molar-refractivity contribution is 5.46. The summed E-state index contributed by atoms with van der Waals surface area (Å²) in [7, 11) is 0. The zero-order valence-corrected chi connectivity index (χ0v) is 9.18. The van der Waals surface area contributed by atoms with Crippen LogP contribution in [0.1, 0.15) is 11.4 Å². The molecule has 0 spiro atoms. The molecule has 84 valence electrons. The van der Waals surface area contributed by atoms with Crippen molar-refractivity contribution < 1.29 is 4.39 Å². The Morgan fingerprint density at radius 2 is 1.88 bits per heavy atom. The molecule has 0 saturated heterocycles. The van der Waals surface area contributed by atoms with E-state index in [-0.39, 0.29) is 5.82 Å². The van der Waals surface area contributed by atoms with Crippen molar-refractivity contribution in [2.75, 3.05) is 0 Å². The van der Waals surface area contributed by atoms with Crippen molar-refractivity contribution in [2.45, 2.75) is 6.42 Å². The van der Waals surface area contributed by atoms with Gasteiger partial charge in [-0.1, -0.05) is 18.2 Å². The fourth-order valence-corrected chi connectivity index (χ4v) is 1.92. The van der Waals surface area contributed by atoms with Crippen LogP contribution in [0.4, 0.5) is 4.39 Å². The molecule has 0 unspecified atom stereocenters. The van der Waals surface area contributed by atoms with Crippen LogP contribution < -0.4 is 0 Å². The van der Waals surface area contributed by atoms with E-state index in [2.05, 4.69) is 4.98 Å². The van der Waals surface area contributed by atoms with Gasteiger partial charge in [0.2, 0.25) is 0 Å². The monoisotopic (exact) mass is 226 g/mol. The van der Waals surface area contributed by atoms with Crippen LogP contribution in [0.25, 0.3) is 5.52 Å². The highest BCUT2D eigenvalue weighted by Crippen LogP contribution is 2.12. The van der Waals surface area contributed by atoms with Gasteiger partial charge in [-0.25, -0.2) is 9.37 Å². The van der Waals surface area contributed by atoms with Crippen LogP contribution in [0.15, 0.2) is 54.9 Å². The number of hydrogen-bond acceptors (Lipinski definition) is 1. The quantitative estimate of drug-likeness (QED) is 0.656. The number of hydrogen-bond donors (Lipinski definition) is 0. The Morgan fingerprint density at radius 1 is 1.06 bits per heavy atom. The van der Waals surface area contributed by atoms with Crippen molar-refractivity contribution >= 4 is 5.52 Å². The first-order chi connectivity index (χ1) is 8.33. The number of aromatic nitrogens is 2. The smallest absolute Gasteiger partial charge is 0.123 e. The third-order valence-electron chi connectivity index (χ3n) is 2.79. The molecule has 17 heavy (non-hydrogen) atoms. The zero-order chi connectivity index (χ0) is 11.7. The summed E-state index contributed by atoms with van der Waals surface area (Å²) in [4.78, 5) is 4.38. The van der Waals surface area contributed by atoms with Gasteiger partial charge in [0.25, 0.3) is 0 Å². The standard InChI is InChI=1S/C14H11FN2/c15-12-6-4-11(5-7-12)9-14-16-10-13-3-1-2-8-17(13)14/h1-8,10H,9H2. The summed E-state index contributed by atoms with van der Waals surface area (Å²) in [6, 6.07) is 12.5. The highest BCUT2D eigenvalue weighted by Gasteiger charge is 2.03. The number of nitrogens with zero attached hydrogens (tertiary/aromatic N) is 2. The van der Waals surface area contributed by atoms with E-state index < -0.39 is 0 Å². The maximum Gasteiger partial charge on any atom is 0.123 e. The van der Waals surface area contributed by atoms with Crippen LogP contribution >= 0.6 is 0 Å². The molecule has 3 aromatic rings. The van der Waals surface area contributed by atoms with Gasteiger partial charge in [-0.3, -0.25) is 0 Å². The predicted octanol–water partition coefficient (Wildman–Crippen LogP) is 3.06. The minimum absolute atomic E-state index is 0.207. The molecule has 2 nitrogen and oxygen atoms in total. The van der Waals surface area contributed by atoms with Crippen molar-refractivity contribution in [3.8, 4) is 0 Å².